The fourth-order valence-electron chi connectivity index (χ4n) is 2.34. The molecule has 3 aromatic rings. The third-order valence-electron chi connectivity index (χ3n) is 3.66. The molecule has 1 N–H and O–H groups in total. The summed E-state index contributed by atoms with van der Waals surface area (Å²) < 4.78 is 76.3. The van der Waals surface area contributed by atoms with Gasteiger partial charge in [-0.3, -0.25) is 0 Å². The van der Waals surface area contributed by atoms with Crippen molar-refractivity contribution in [3.63, 3.8) is 0 Å². The molecule has 1 aromatic heterocycles. The summed E-state index contributed by atoms with van der Waals surface area (Å²) in [6.07, 6.45) is -4.38. The zero-order valence-electron chi connectivity index (χ0n) is 15.0. The van der Waals surface area contributed by atoms with Crippen LogP contribution in [0.1, 0.15) is 1.43 Å². The number of H-pyrrole nitrogens is 1. The topological polar surface area (TPSA) is 62.8 Å². The van der Waals surface area contributed by atoms with E-state index in [-0.39, 0.29) is 42.4 Å². The molecule has 0 aliphatic carbocycles. The Bertz CT molecular complexity index is 959. The van der Waals surface area contributed by atoms with Gasteiger partial charge in [0.25, 0.3) is 9.84 Å². The Morgan fingerprint density at radius 2 is 1.41 bits per heavy atom. The molecule has 0 radical (unpaired) electrons. The van der Waals surface area contributed by atoms with Gasteiger partial charge in [-0.1, -0.05) is 60.7 Å². The predicted octanol–water partition coefficient (Wildman–Crippen LogP) is 1.49. The van der Waals surface area contributed by atoms with Gasteiger partial charge in [-0.2, -0.15) is 8.78 Å². The third-order valence-corrected chi connectivity index (χ3v) is 5.26. The number of imidazole rings is 1. The van der Waals surface area contributed by atoms with Crippen molar-refractivity contribution in [3.8, 4) is 22.5 Å². The summed E-state index contributed by atoms with van der Waals surface area (Å²) in [5, 5.41) is -6.47. The van der Waals surface area contributed by atoms with Crippen LogP contribution in [0, 0.1) is 0 Å². The zero-order chi connectivity index (χ0) is 18.9. The van der Waals surface area contributed by atoms with E-state index in [1.165, 1.54) is 0 Å². The molecule has 0 amide bonds. The number of aromatic nitrogens is 2. The van der Waals surface area contributed by atoms with Gasteiger partial charge in [-0.25, -0.2) is 22.2 Å². The molecular formula is C17H13F4N2NaO2S. The number of nitrogens with zero attached hydrogens (tertiary/aromatic N) is 1. The van der Waals surface area contributed by atoms with Crippen molar-refractivity contribution in [1.29, 1.82) is 0 Å². The van der Waals surface area contributed by atoms with Crippen molar-refractivity contribution < 1.29 is 57.0 Å². The second-order valence-corrected chi connectivity index (χ2v) is 7.30. The minimum Gasteiger partial charge on any atom is -1.00 e. The molecule has 0 saturated heterocycles. The summed E-state index contributed by atoms with van der Waals surface area (Å²) in [4.78, 5) is 6.01. The smallest absolute Gasteiger partial charge is 1.00 e. The Morgan fingerprint density at radius 1 is 0.926 bits per heavy atom. The summed E-state index contributed by atoms with van der Waals surface area (Å²) in [5.74, 6) is 0. The fourth-order valence-corrected chi connectivity index (χ4v) is 3.28. The molecule has 2 aromatic carbocycles. The van der Waals surface area contributed by atoms with Gasteiger partial charge in [-0.15, -0.1) is 0 Å². The number of halogens is 4. The molecule has 0 atom stereocenters. The van der Waals surface area contributed by atoms with Gasteiger partial charge >= 0.3 is 41.2 Å². The molecule has 0 spiro atoms. The van der Waals surface area contributed by atoms with Crippen LogP contribution in [0.3, 0.4) is 0 Å². The molecular weight excluding hydrogens is 395 g/mol. The van der Waals surface area contributed by atoms with E-state index < -0.39 is 26.7 Å². The number of hydrogen-bond donors (Lipinski definition) is 1. The van der Waals surface area contributed by atoms with Gasteiger partial charge in [0.05, 0.1) is 11.4 Å². The zero-order valence-corrected chi connectivity index (χ0v) is 16.9. The van der Waals surface area contributed by atoms with Crippen molar-refractivity contribution in [2.45, 2.75) is 16.8 Å². The normalized spacial score (nSPS) is 12.0. The molecule has 10 heteroatoms. The van der Waals surface area contributed by atoms with E-state index >= 15 is 0 Å². The standard InChI is InChI=1S/C17H12F4N2O2S.Na.H/c18-15(19)17(20,21)26(24,25)16-22-13(11-7-3-1-4-8-11)14(23-16)12-9-5-2-6-10-12;;/h1-10,15H,(H,22,23);;/q;+1;-1. The van der Waals surface area contributed by atoms with Crippen LogP contribution in [0.2, 0.25) is 0 Å². The molecule has 0 saturated carbocycles. The third kappa shape index (κ3) is 3.96. The van der Waals surface area contributed by atoms with Crippen LogP contribution in [0.15, 0.2) is 65.8 Å². The van der Waals surface area contributed by atoms with Crippen molar-refractivity contribution in [2.24, 2.45) is 0 Å². The maximum atomic E-state index is 13.6. The molecule has 0 bridgehead atoms. The predicted molar refractivity (Wildman–Crippen MR) is 88.7 cm³/mol. The first kappa shape index (κ1) is 21.6. The van der Waals surface area contributed by atoms with E-state index in [0.29, 0.717) is 11.1 Å². The van der Waals surface area contributed by atoms with E-state index in [0.717, 1.165) is 0 Å². The van der Waals surface area contributed by atoms with Crippen LogP contribution in [0.25, 0.3) is 22.5 Å². The molecule has 0 unspecified atom stereocenters. The molecule has 1 heterocycles. The molecule has 138 valence electrons. The largest absolute Gasteiger partial charge is 1.00 e. The SMILES string of the molecule is O=S(=O)(c1nc(-c2ccccc2)c(-c2ccccc2)[nH]1)C(F)(F)C(F)F.[H-].[Na+]. The Kier molecular flexibility index (Phi) is 6.51. The Labute approximate surface area is 176 Å². The Balaban J connectivity index is 0.00000196. The first-order valence-electron chi connectivity index (χ1n) is 7.36. The van der Waals surface area contributed by atoms with Crippen LogP contribution in [-0.4, -0.2) is 30.1 Å². The van der Waals surface area contributed by atoms with Gasteiger partial charge in [0.1, 0.15) is 0 Å². The van der Waals surface area contributed by atoms with E-state index in [9.17, 15) is 26.0 Å². The van der Waals surface area contributed by atoms with Crippen LogP contribution >= 0.6 is 0 Å². The number of benzene rings is 2. The average Bonchev–Trinajstić information content (AvgIpc) is 3.09. The van der Waals surface area contributed by atoms with Crippen LogP contribution in [0.5, 0.6) is 0 Å². The van der Waals surface area contributed by atoms with E-state index in [4.69, 9.17) is 0 Å². The molecule has 0 aliphatic rings. The number of rotatable bonds is 5. The first-order valence-corrected chi connectivity index (χ1v) is 8.85. The Hall–Kier alpha value is -1.68. The van der Waals surface area contributed by atoms with Crippen LogP contribution in [0.4, 0.5) is 17.6 Å². The van der Waals surface area contributed by atoms with E-state index in [2.05, 4.69) is 9.97 Å². The fraction of sp³-hybridized carbons (Fsp3) is 0.118. The first-order chi connectivity index (χ1) is 12.2. The number of aromatic amines is 1. The van der Waals surface area contributed by atoms with Crippen molar-refractivity contribution >= 4 is 9.84 Å². The van der Waals surface area contributed by atoms with Gasteiger partial charge in [0.15, 0.2) is 0 Å². The van der Waals surface area contributed by atoms with Crippen molar-refractivity contribution in [1.82, 2.24) is 9.97 Å². The van der Waals surface area contributed by atoms with Gasteiger partial charge in [0.2, 0.25) is 5.16 Å². The molecule has 4 nitrogen and oxygen atoms in total. The quantitative estimate of drug-likeness (QED) is 0.514. The number of alkyl halides is 4. The van der Waals surface area contributed by atoms with Gasteiger partial charge in [0, 0.05) is 11.1 Å². The molecule has 27 heavy (non-hydrogen) atoms. The maximum absolute atomic E-state index is 13.6. The number of hydrogen-bond acceptors (Lipinski definition) is 3. The average molecular weight is 408 g/mol. The summed E-state index contributed by atoms with van der Waals surface area (Å²) in [5.41, 5.74) is 1.13. The summed E-state index contributed by atoms with van der Waals surface area (Å²) >= 11 is 0. The Morgan fingerprint density at radius 3 is 1.89 bits per heavy atom. The molecule has 3 rings (SSSR count). The summed E-state index contributed by atoms with van der Waals surface area (Å²) in [7, 11) is -5.71. The maximum Gasteiger partial charge on any atom is 1.00 e. The van der Waals surface area contributed by atoms with Crippen LogP contribution in [-0.2, 0) is 9.84 Å². The summed E-state index contributed by atoms with van der Waals surface area (Å²) in [6, 6.07) is 16.5. The van der Waals surface area contributed by atoms with Gasteiger partial charge < -0.3 is 6.41 Å². The monoisotopic (exact) mass is 408 g/mol. The minimum absolute atomic E-state index is 0. The van der Waals surface area contributed by atoms with E-state index in [1.54, 1.807) is 60.7 Å². The second-order valence-electron chi connectivity index (χ2n) is 5.36. The van der Waals surface area contributed by atoms with Gasteiger partial charge in [-0.05, 0) is 0 Å². The van der Waals surface area contributed by atoms with Crippen LogP contribution < -0.4 is 29.6 Å². The van der Waals surface area contributed by atoms with Crippen molar-refractivity contribution in [2.75, 3.05) is 0 Å². The van der Waals surface area contributed by atoms with E-state index in [1.807, 2.05) is 0 Å². The van der Waals surface area contributed by atoms with Crippen molar-refractivity contribution in [3.05, 3.63) is 60.7 Å². The number of nitrogens with one attached hydrogen (secondary N) is 1. The molecule has 0 aliphatic heterocycles. The number of sulfone groups is 1. The minimum atomic E-state index is -5.71. The molecule has 0 fully saturated rings. The summed E-state index contributed by atoms with van der Waals surface area (Å²) in [6.45, 7) is 0. The second kappa shape index (κ2) is 8.14.